The SMILES string of the molecule is CS(=O)(=O)N1CCC[C@H](C(=O)NCc2ccc(N3CCNCC3)c(F)c2)C1. The Morgan fingerprint density at radius 2 is 2.04 bits per heavy atom. The number of hydrogen-bond acceptors (Lipinski definition) is 5. The van der Waals surface area contributed by atoms with Crippen LogP contribution in [0.1, 0.15) is 18.4 Å². The van der Waals surface area contributed by atoms with Crippen molar-refractivity contribution in [2.24, 2.45) is 5.92 Å². The van der Waals surface area contributed by atoms with Gasteiger partial charge in [-0.1, -0.05) is 6.07 Å². The van der Waals surface area contributed by atoms with Crippen LogP contribution in [0, 0.1) is 11.7 Å². The standard InChI is InChI=1S/C18H27FN4O3S/c1-27(25,26)23-8-2-3-15(13-23)18(24)21-12-14-4-5-17(16(19)11-14)22-9-6-20-7-10-22/h4-5,11,15,20H,2-3,6-10,12-13H2,1H3,(H,21,24)/t15-/m0/s1. The number of piperidine rings is 1. The summed E-state index contributed by atoms with van der Waals surface area (Å²) < 4.78 is 39.2. The van der Waals surface area contributed by atoms with E-state index in [0.717, 1.165) is 32.4 Å². The lowest BCUT2D eigenvalue weighted by Crippen LogP contribution is -2.45. The van der Waals surface area contributed by atoms with Gasteiger partial charge in [-0.05, 0) is 30.5 Å². The van der Waals surface area contributed by atoms with E-state index in [9.17, 15) is 17.6 Å². The first kappa shape index (κ1) is 20.0. The molecular weight excluding hydrogens is 371 g/mol. The topological polar surface area (TPSA) is 81.8 Å². The number of carbonyl (C=O) groups is 1. The number of amides is 1. The van der Waals surface area contributed by atoms with Crippen molar-refractivity contribution in [1.82, 2.24) is 14.9 Å². The molecule has 0 aromatic heterocycles. The second-order valence-corrected chi connectivity index (χ2v) is 9.18. The summed E-state index contributed by atoms with van der Waals surface area (Å²) >= 11 is 0. The van der Waals surface area contributed by atoms with E-state index < -0.39 is 10.0 Å². The van der Waals surface area contributed by atoms with E-state index in [1.807, 2.05) is 11.0 Å². The third-order valence-electron chi connectivity index (χ3n) is 5.16. The maximum atomic E-state index is 14.4. The largest absolute Gasteiger partial charge is 0.367 e. The van der Waals surface area contributed by atoms with Gasteiger partial charge in [-0.3, -0.25) is 4.79 Å². The molecule has 2 fully saturated rings. The summed E-state index contributed by atoms with van der Waals surface area (Å²) in [5.41, 5.74) is 1.28. The first-order chi connectivity index (χ1) is 12.8. The lowest BCUT2D eigenvalue weighted by atomic mass is 9.98. The summed E-state index contributed by atoms with van der Waals surface area (Å²) in [6.45, 7) is 4.11. The molecule has 1 atom stereocenters. The van der Waals surface area contributed by atoms with Crippen molar-refractivity contribution < 1.29 is 17.6 Å². The fourth-order valence-corrected chi connectivity index (χ4v) is 4.53. The first-order valence-electron chi connectivity index (χ1n) is 9.31. The van der Waals surface area contributed by atoms with Crippen LogP contribution in [-0.4, -0.2) is 64.2 Å². The minimum absolute atomic E-state index is 0.185. The van der Waals surface area contributed by atoms with Gasteiger partial charge in [0.1, 0.15) is 5.82 Å². The third kappa shape index (κ3) is 5.18. The van der Waals surface area contributed by atoms with Crippen molar-refractivity contribution in [2.45, 2.75) is 19.4 Å². The molecule has 7 nitrogen and oxygen atoms in total. The highest BCUT2D eigenvalue weighted by Gasteiger charge is 2.30. The number of nitrogens with zero attached hydrogens (tertiary/aromatic N) is 2. The molecule has 2 heterocycles. The summed E-state index contributed by atoms with van der Waals surface area (Å²) in [4.78, 5) is 14.4. The first-order valence-corrected chi connectivity index (χ1v) is 11.2. The number of carbonyl (C=O) groups excluding carboxylic acids is 1. The molecule has 1 amide bonds. The third-order valence-corrected chi connectivity index (χ3v) is 6.43. The number of nitrogens with one attached hydrogen (secondary N) is 2. The van der Waals surface area contributed by atoms with Crippen molar-refractivity contribution in [2.75, 3.05) is 50.4 Å². The zero-order valence-electron chi connectivity index (χ0n) is 15.6. The van der Waals surface area contributed by atoms with Crippen LogP contribution in [0.3, 0.4) is 0 Å². The average Bonchev–Trinajstić information content (AvgIpc) is 2.66. The van der Waals surface area contributed by atoms with Crippen molar-refractivity contribution >= 4 is 21.6 Å². The number of halogens is 1. The fraction of sp³-hybridized carbons (Fsp3) is 0.611. The molecule has 0 saturated carbocycles. The highest BCUT2D eigenvalue weighted by Crippen LogP contribution is 2.22. The van der Waals surface area contributed by atoms with E-state index >= 15 is 0 Å². The molecule has 2 N–H and O–H groups in total. The van der Waals surface area contributed by atoms with Gasteiger partial charge in [0, 0.05) is 45.8 Å². The van der Waals surface area contributed by atoms with Crippen molar-refractivity contribution in [1.29, 1.82) is 0 Å². The van der Waals surface area contributed by atoms with Gasteiger partial charge < -0.3 is 15.5 Å². The fourth-order valence-electron chi connectivity index (χ4n) is 3.61. The van der Waals surface area contributed by atoms with Crippen molar-refractivity contribution in [3.63, 3.8) is 0 Å². The van der Waals surface area contributed by atoms with E-state index in [4.69, 9.17) is 0 Å². The van der Waals surface area contributed by atoms with Crippen LogP contribution in [0.5, 0.6) is 0 Å². The minimum Gasteiger partial charge on any atom is -0.367 e. The van der Waals surface area contributed by atoms with Gasteiger partial charge in [0.2, 0.25) is 15.9 Å². The molecule has 2 aliphatic rings. The summed E-state index contributed by atoms with van der Waals surface area (Å²) in [7, 11) is -3.29. The minimum atomic E-state index is -3.29. The summed E-state index contributed by atoms with van der Waals surface area (Å²) in [5, 5.41) is 6.06. The molecule has 3 rings (SSSR count). The predicted octanol–water partition coefficient (Wildman–Crippen LogP) is 0.523. The Morgan fingerprint density at radius 1 is 1.30 bits per heavy atom. The van der Waals surface area contributed by atoms with Gasteiger partial charge in [0.05, 0.1) is 17.9 Å². The Bertz CT molecular complexity index is 781. The molecule has 9 heteroatoms. The van der Waals surface area contributed by atoms with Gasteiger partial charge in [-0.15, -0.1) is 0 Å². The molecule has 0 unspecified atom stereocenters. The number of rotatable bonds is 5. The molecule has 0 bridgehead atoms. The second kappa shape index (κ2) is 8.53. The number of piperazine rings is 1. The molecule has 1 aromatic carbocycles. The van der Waals surface area contributed by atoms with Crippen LogP contribution >= 0.6 is 0 Å². The predicted molar refractivity (Wildman–Crippen MR) is 102 cm³/mol. The lowest BCUT2D eigenvalue weighted by Gasteiger charge is -2.30. The van der Waals surface area contributed by atoms with Crippen molar-refractivity contribution in [3.05, 3.63) is 29.6 Å². The van der Waals surface area contributed by atoms with E-state index in [-0.39, 0.29) is 30.7 Å². The number of benzene rings is 1. The molecule has 27 heavy (non-hydrogen) atoms. The van der Waals surface area contributed by atoms with Gasteiger partial charge in [0.25, 0.3) is 0 Å². The van der Waals surface area contributed by atoms with E-state index in [1.54, 1.807) is 6.07 Å². The van der Waals surface area contributed by atoms with Gasteiger partial charge >= 0.3 is 0 Å². The number of hydrogen-bond donors (Lipinski definition) is 2. The van der Waals surface area contributed by atoms with E-state index in [1.165, 1.54) is 10.4 Å². The van der Waals surface area contributed by atoms with Crippen molar-refractivity contribution in [3.8, 4) is 0 Å². The Morgan fingerprint density at radius 3 is 2.70 bits per heavy atom. The maximum absolute atomic E-state index is 14.4. The highest BCUT2D eigenvalue weighted by molar-refractivity contribution is 7.88. The maximum Gasteiger partial charge on any atom is 0.224 e. The molecule has 2 saturated heterocycles. The zero-order chi connectivity index (χ0) is 19.4. The summed E-state index contributed by atoms with van der Waals surface area (Å²) in [5.74, 6) is -0.835. The Balaban J connectivity index is 1.56. The normalized spacial score (nSPS) is 21.9. The molecule has 0 radical (unpaired) electrons. The lowest BCUT2D eigenvalue weighted by molar-refractivity contribution is -0.126. The molecule has 0 aliphatic carbocycles. The molecule has 150 valence electrons. The highest BCUT2D eigenvalue weighted by atomic mass is 32.2. The Labute approximate surface area is 160 Å². The van der Waals surface area contributed by atoms with Gasteiger partial charge in [0.15, 0.2) is 0 Å². The van der Waals surface area contributed by atoms with Crippen LogP contribution in [0.25, 0.3) is 0 Å². The van der Waals surface area contributed by atoms with Crippen LogP contribution in [-0.2, 0) is 21.4 Å². The quantitative estimate of drug-likeness (QED) is 0.756. The smallest absolute Gasteiger partial charge is 0.224 e. The number of anilines is 1. The van der Waals surface area contributed by atoms with E-state index in [2.05, 4.69) is 10.6 Å². The second-order valence-electron chi connectivity index (χ2n) is 7.20. The monoisotopic (exact) mass is 398 g/mol. The number of sulfonamides is 1. The van der Waals surface area contributed by atoms with Gasteiger partial charge in [-0.2, -0.15) is 0 Å². The van der Waals surface area contributed by atoms with Crippen LogP contribution in [0.4, 0.5) is 10.1 Å². The summed E-state index contributed by atoms with van der Waals surface area (Å²) in [6, 6.07) is 5.04. The Hall–Kier alpha value is -1.71. The Kier molecular flexibility index (Phi) is 6.33. The summed E-state index contributed by atoms with van der Waals surface area (Å²) in [6.07, 6.45) is 2.49. The van der Waals surface area contributed by atoms with Crippen LogP contribution in [0.2, 0.25) is 0 Å². The van der Waals surface area contributed by atoms with Gasteiger partial charge in [-0.25, -0.2) is 17.1 Å². The average molecular weight is 399 g/mol. The molecular formula is C18H27FN4O3S. The molecule has 0 spiro atoms. The van der Waals surface area contributed by atoms with E-state index in [0.29, 0.717) is 30.6 Å². The van der Waals surface area contributed by atoms with Crippen LogP contribution in [0.15, 0.2) is 18.2 Å². The zero-order valence-corrected chi connectivity index (χ0v) is 16.4. The van der Waals surface area contributed by atoms with Crippen LogP contribution < -0.4 is 15.5 Å². The molecule has 2 aliphatic heterocycles. The molecule has 1 aromatic rings.